The Hall–Kier alpha value is -1.61. The van der Waals surface area contributed by atoms with Gasteiger partial charge in [-0.25, -0.2) is 9.69 Å². The zero-order chi connectivity index (χ0) is 17.4. The Kier molecular flexibility index (Phi) is 4.82. The molecule has 3 rings (SSSR count). The van der Waals surface area contributed by atoms with E-state index in [-0.39, 0.29) is 12.6 Å². The van der Waals surface area contributed by atoms with Gasteiger partial charge in [-0.2, -0.15) is 0 Å². The Morgan fingerprint density at radius 2 is 2.17 bits per heavy atom. The van der Waals surface area contributed by atoms with Crippen molar-refractivity contribution >= 4 is 45.7 Å². The predicted octanol–water partition coefficient (Wildman–Crippen LogP) is 3.18. The van der Waals surface area contributed by atoms with Crippen LogP contribution in [0.3, 0.4) is 0 Å². The van der Waals surface area contributed by atoms with Gasteiger partial charge in [0.15, 0.2) is 11.2 Å². The maximum absolute atomic E-state index is 12.0. The molecule has 1 aliphatic rings. The molecular formula is C14H14Cl2N4O3S. The molecule has 0 aliphatic carbocycles. The fourth-order valence-electron chi connectivity index (χ4n) is 2.23. The van der Waals surface area contributed by atoms with Crippen molar-refractivity contribution in [3.8, 4) is 5.75 Å². The summed E-state index contributed by atoms with van der Waals surface area (Å²) in [6.45, 7) is 2.01. The lowest BCUT2D eigenvalue weighted by Crippen LogP contribution is -2.34. The molecule has 2 atom stereocenters. The van der Waals surface area contributed by atoms with Crippen molar-refractivity contribution in [3.63, 3.8) is 0 Å². The normalized spacial score (nSPS) is 19.0. The number of hydrogen-bond acceptors (Lipinski definition) is 6. The van der Waals surface area contributed by atoms with Gasteiger partial charge in [0, 0.05) is 7.05 Å². The summed E-state index contributed by atoms with van der Waals surface area (Å²) in [5.41, 5.74) is 0. The lowest BCUT2D eigenvalue weighted by Gasteiger charge is -2.15. The van der Waals surface area contributed by atoms with Gasteiger partial charge in [-0.15, -0.1) is 10.2 Å². The lowest BCUT2D eigenvalue weighted by atomic mass is 10.3. The second kappa shape index (κ2) is 6.72. The van der Waals surface area contributed by atoms with Gasteiger partial charge < -0.3 is 14.7 Å². The fraction of sp³-hybridized carbons (Fsp3) is 0.357. The number of likely N-dealkylation sites (N-methyl/N-ethyl adjacent to an activating group) is 1. The number of aromatic nitrogens is 2. The first kappa shape index (κ1) is 17.2. The van der Waals surface area contributed by atoms with Crippen LogP contribution in [0, 0.1) is 0 Å². The third-order valence-corrected chi connectivity index (χ3v) is 5.36. The van der Waals surface area contributed by atoms with Gasteiger partial charge in [-0.05, 0) is 19.1 Å². The SMILES string of the molecule is CC(Oc1cccc(Cl)c1Cl)c1nnc(N2C(=O)N(C)CC2O)s1. The van der Waals surface area contributed by atoms with Gasteiger partial charge >= 0.3 is 6.03 Å². The molecule has 0 saturated carbocycles. The molecule has 1 N–H and O–H groups in total. The minimum Gasteiger partial charge on any atom is -0.482 e. The average molecular weight is 389 g/mol. The highest BCUT2D eigenvalue weighted by Gasteiger charge is 2.37. The third-order valence-electron chi connectivity index (χ3n) is 3.47. The third kappa shape index (κ3) is 3.14. The monoisotopic (exact) mass is 388 g/mol. The first-order chi connectivity index (χ1) is 11.4. The molecule has 1 aliphatic heterocycles. The first-order valence-corrected chi connectivity index (χ1v) is 8.62. The van der Waals surface area contributed by atoms with E-state index in [1.165, 1.54) is 21.1 Å². The predicted molar refractivity (Wildman–Crippen MR) is 91.9 cm³/mol. The summed E-state index contributed by atoms with van der Waals surface area (Å²) in [4.78, 5) is 14.7. The molecule has 0 radical (unpaired) electrons. The van der Waals surface area contributed by atoms with Gasteiger partial charge in [0.2, 0.25) is 5.13 Å². The maximum Gasteiger partial charge on any atom is 0.328 e. The number of anilines is 1. The van der Waals surface area contributed by atoms with Gasteiger partial charge in [0.25, 0.3) is 0 Å². The van der Waals surface area contributed by atoms with Gasteiger partial charge in [-0.1, -0.05) is 40.6 Å². The molecule has 2 heterocycles. The Bertz CT molecular complexity index is 772. The number of carbonyl (C=O) groups excluding carboxylic acids is 1. The zero-order valence-corrected chi connectivity index (χ0v) is 15.1. The van der Waals surface area contributed by atoms with E-state index < -0.39 is 12.3 Å². The van der Waals surface area contributed by atoms with E-state index in [1.54, 1.807) is 32.2 Å². The highest BCUT2D eigenvalue weighted by atomic mass is 35.5. The number of nitrogens with zero attached hydrogens (tertiary/aromatic N) is 4. The molecule has 1 aromatic heterocycles. The molecule has 7 nitrogen and oxygen atoms in total. The summed E-state index contributed by atoms with van der Waals surface area (Å²) in [6, 6.07) is 4.78. The number of amides is 2. The second-order valence-electron chi connectivity index (χ2n) is 5.25. The standard InChI is InChI=1S/C14H14Cl2N4O3S/c1-7(23-9-5-3-4-8(15)11(9)16)12-17-18-13(24-12)20-10(21)6-19(2)14(20)22/h3-5,7,10,21H,6H2,1-2H3. The molecule has 0 bridgehead atoms. The van der Waals surface area contributed by atoms with Crippen molar-refractivity contribution in [2.75, 3.05) is 18.5 Å². The Morgan fingerprint density at radius 3 is 2.83 bits per heavy atom. The van der Waals surface area contributed by atoms with Gasteiger partial charge in [0.05, 0.1) is 11.6 Å². The number of benzene rings is 1. The molecular weight excluding hydrogens is 375 g/mol. The minimum atomic E-state index is -0.943. The van der Waals surface area contributed by atoms with Crippen LogP contribution >= 0.6 is 34.5 Å². The number of ether oxygens (including phenoxy) is 1. The molecule has 2 unspecified atom stereocenters. The van der Waals surface area contributed by atoms with Crippen LogP contribution in [-0.2, 0) is 0 Å². The topological polar surface area (TPSA) is 78.8 Å². The number of aliphatic hydroxyl groups is 1. The van der Waals surface area contributed by atoms with E-state index in [0.717, 1.165) is 0 Å². The van der Waals surface area contributed by atoms with Crippen LogP contribution in [-0.4, -0.2) is 46.1 Å². The van der Waals surface area contributed by atoms with E-state index >= 15 is 0 Å². The zero-order valence-electron chi connectivity index (χ0n) is 12.8. The van der Waals surface area contributed by atoms with Crippen molar-refractivity contribution in [2.24, 2.45) is 0 Å². The molecule has 0 spiro atoms. The molecule has 2 aromatic rings. The Labute approximate surface area is 152 Å². The Balaban J connectivity index is 1.78. The molecule has 128 valence electrons. The van der Waals surface area contributed by atoms with E-state index in [1.807, 2.05) is 0 Å². The van der Waals surface area contributed by atoms with Crippen molar-refractivity contribution < 1.29 is 14.6 Å². The summed E-state index contributed by atoms with van der Waals surface area (Å²) in [7, 11) is 1.61. The van der Waals surface area contributed by atoms with Crippen molar-refractivity contribution in [1.82, 2.24) is 15.1 Å². The summed E-state index contributed by atoms with van der Waals surface area (Å²) in [5, 5.41) is 19.6. The maximum atomic E-state index is 12.0. The molecule has 24 heavy (non-hydrogen) atoms. The second-order valence-corrected chi connectivity index (χ2v) is 7.02. The number of rotatable bonds is 4. The number of β-amino-alcohol motifs (C(OH)–C–C–N with tert-alkyl or cyclic N) is 1. The van der Waals surface area contributed by atoms with E-state index in [4.69, 9.17) is 27.9 Å². The van der Waals surface area contributed by atoms with Crippen molar-refractivity contribution in [1.29, 1.82) is 0 Å². The molecule has 2 amide bonds. The summed E-state index contributed by atoms with van der Waals surface area (Å²) in [6.07, 6.45) is -1.39. The minimum absolute atomic E-state index is 0.220. The van der Waals surface area contributed by atoms with Crippen LogP contribution in [0.15, 0.2) is 18.2 Å². The van der Waals surface area contributed by atoms with Crippen molar-refractivity contribution in [2.45, 2.75) is 19.3 Å². The molecule has 1 fully saturated rings. The molecule has 10 heteroatoms. The van der Waals surface area contributed by atoms with Crippen LogP contribution in [0.1, 0.15) is 18.0 Å². The lowest BCUT2D eigenvalue weighted by molar-refractivity contribution is 0.183. The quantitative estimate of drug-likeness (QED) is 0.869. The van der Waals surface area contributed by atoms with Crippen molar-refractivity contribution in [3.05, 3.63) is 33.3 Å². The Morgan fingerprint density at radius 1 is 1.42 bits per heavy atom. The number of halogens is 2. The van der Waals surface area contributed by atoms with Crippen LogP contribution in [0.2, 0.25) is 10.0 Å². The number of carbonyl (C=O) groups is 1. The fourth-order valence-corrected chi connectivity index (χ4v) is 3.43. The number of aliphatic hydroxyl groups excluding tert-OH is 1. The van der Waals surface area contributed by atoms with Gasteiger partial charge in [0.1, 0.15) is 16.9 Å². The summed E-state index contributed by atoms with van der Waals surface area (Å²) >= 11 is 13.2. The highest BCUT2D eigenvalue weighted by Crippen LogP contribution is 2.36. The van der Waals surface area contributed by atoms with E-state index in [2.05, 4.69) is 10.2 Å². The van der Waals surface area contributed by atoms with E-state index in [9.17, 15) is 9.90 Å². The average Bonchev–Trinajstić information content (AvgIpc) is 3.10. The summed E-state index contributed by atoms with van der Waals surface area (Å²) < 4.78 is 5.78. The number of urea groups is 1. The highest BCUT2D eigenvalue weighted by molar-refractivity contribution is 7.15. The number of hydrogen-bond donors (Lipinski definition) is 1. The van der Waals surface area contributed by atoms with Gasteiger partial charge in [-0.3, -0.25) is 0 Å². The largest absolute Gasteiger partial charge is 0.482 e. The molecule has 1 saturated heterocycles. The van der Waals surface area contributed by atoms with Crippen LogP contribution < -0.4 is 9.64 Å². The smallest absolute Gasteiger partial charge is 0.328 e. The summed E-state index contributed by atoms with van der Waals surface area (Å²) in [5.74, 6) is 0.436. The first-order valence-electron chi connectivity index (χ1n) is 7.05. The van der Waals surface area contributed by atoms with E-state index in [0.29, 0.717) is 25.9 Å². The van der Waals surface area contributed by atoms with Crippen LogP contribution in [0.25, 0.3) is 0 Å². The van der Waals surface area contributed by atoms with Crippen LogP contribution in [0.4, 0.5) is 9.93 Å². The van der Waals surface area contributed by atoms with Crippen LogP contribution in [0.5, 0.6) is 5.75 Å². The molecule has 1 aromatic carbocycles.